The molecule has 7 heteroatoms. The van der Waals surface area contributed by atoms with Crippen LogP contribution in [0.4, 0.5) is 0 Å². The second kappa shape index (κ2) is 6.17. The number of aromatic nitrogens is 4. The minimum Gasteiger partial charge on any atom is -0.390 e. The van der Waals surface area contributed by atoms with E-state index in [9.17, 15) is 9.90 Å². The Morgan fingerprint density at radius 1 is 1.17 bits per heavy atom. The van der Waals surface area contributed by atoms with Gasteiger partial charge in [0.1, 0.15) is 5.56 Å². The summed E-state index contributed by atoms with van der Waals surface area (Å²) in [5.41, 5.74) is 0.814. The molecule has 2 heterocycles. The summed E-state index contributed by atoms with van der Waals surface area (Å²) in [5.74, 6) is 1.99. The van der Waals surface area contributed by atoms with Crippen LogP contribution in [0.1, 0.15) is 68.8 Å². The van der Waals surface area contributed by atoms with Crippen molar-refractivity contribution in [2.75, 3.05) is 0 Å². The first-order valence-corrected chi connectivity index (χ1v) is 10.8. The quantitative estimate of drug-likeness (QED) is 0.834. The third-order valence-electron chi connectivity index (χ3n) is 7.09. The number of nitrogens with zero attached hydrogens (tertiary/aromatic N) is 4. The molecule has 0 spiro atoms. The Hall–Kier alpha value is -2.15. The van der Waals surface area contributed by atoms with Crippen LogP contribution in [0.3, 0.4) is 0 Å². The Morgan fingerprint density at radius 2 is 1.86 bits per heavy atom. The van der Waals surface area contributed by atoms with Crippen LogP contribution in [0.25, 0.3) is 5.82 Å². The van der Waals surface area contributed by atoms with Crippen molar-refractivity contribution in [1.29, 1.82) is 0 Å². The maximum Gasteiger partial charge on any atom is 0.256 e. The topological polar surface area (TPSA) is 85.0 Å². The first-order chi connectivity index (χ1) is 13.6. The van der Waals surface area contributed by atoms with Gasteiger partial charge in [-0.2, -0.15) is 10.2 Å². The molecule has 2 aromatic rings. The lowest BCUT2D eigenvalue weighted by molar-refractivity contribution is -0.136. The molecule has 3 unspecified atom stereocenters. The third kappa shape index (κ3) is 3.10. The van der Waals surface area contributed by atoms with Crippen LogP contribution in [0.15, 0.2) is 18.6 Å². The maximum absolute atomic E-state index is 13.4. The highest BCUT2D eigenvalue weighted by Gasteiger charge is 2.55. The summed E-state index contributed by atoms with van der Waals surface area (Å²) in [7, 11) is 0. The van der Waals surface area contributed by atoms with Crippen LogP contribution < -0.4 is 5.32 Å². The van der Waals surface area contributed by atoms with E-state index in [-0.39, 0.29) is 17.5 Å². The number of nitrogens with one attached hydrogen (secondary N) is 1. The summed E-state index contributed by atoms with van der Waals surface area (Å²) in [6.07, 6.45) is 10.2. The van der Waals surface area contributed by atoms with E-state index in [2.05, 4.69) is 36.3 Å². The van der Waals surface area contributed by atoms with E-state index in [4.69, 9.17) is 0 Å². The van der Waals surface area contributed by atoms with Gasteiger partial charge in [0.2, 0.25) is 0 Å². The zero-order chi connectivity index (χ0) is 20.6. The first kappa shape index (κ1) is 18.9. The number of hydrogen-bond donors (Lipinski definition) is 2. The molecule has 0 saturated heterocycles. The predicted molar refractivity (Wildman–Crippen MR) is 109 cm³/mol. The largest absolute Gasteiger partial charge is 0.390 e. The molecule has 1 amide bonds. The van der Waals surface area contributed by atoms with Crippen molar-refractivity contribution in [3.8, 4) is 5.82 Å². The summed E-state index contributed by atoms with van der Waals surface area (Å²) in [6, 6.07) is 0.143. The molecule has 4 aliphatic carbocycles. The van der Waals surface area contributed by atoms with Crippen molar-refractivity contribution in [1.82, 2.24) is 24.9 Å². The molecule has 2 N–H and O–H groups in total. The van der Waals surface area contributed by atoms with Crippen molar-refractivity contribution < 1.29 is 9.90 Å². The van der Waals surface area contributed by atoms with Crippen molar-refractivity contribution >= 4 is 5.91 Å². The molecule has 29 heavy (non-hydrogen) atoms. The van der Waals surface area contributed by atoms with Gasteiger partial charge in [0.15, 0.2) is 5.82 Å². The third-order valence-corrected chi connectivity index (χ3v) is 7.09. The minimum absolute atomic E-state index is 0.0897. The second-order valence-electron chi connectivity index (χ2n) is 10.6. The van der Waals surface area contributed by atoms with Gasteiger partial charge in [0.25, 0.3) is 5.91 Å². The van der Waals surface area contributed by atoms with Crippen molar-refractivity contribution in [3.63, 3.8) is 0 Å². The molecule has 0 aliphatic heterocycles. The van der Waals surface area contributed by atoms with Crippen LogP contribution in [0.2, 0.25) is 0 Å². The average molecular weight is 398 g/mol. The van der Waals surface area contributed by atoms with E-state index in [1.54, 1.807) is 17.1 Å². The molecule has 4 fully saturated rings. The highest BCUT2D eigenvalue weighted by Crippen LogP contribution is 2.55. The number of aliphatic hydroxyl groups is 1. The fourth-order valence-corrected chi connectivity index (χ4v) is 6.19. The molecule has 4 bridgehead atoms. The SMILES string of the molecule is Cc1cnn(-c2c(C(=O)NC3[C@@H]4CC5C[C@H]3CC(O)(C5)C4)cnn2C(C)(C)C)c1. The number of carbonyl (C=O) groups excluding carboxylic acids is 1. The number of hydrogen-bond acceptors (Lipinski definition) is 4. The lowest BCUT2D eigenvalue weighted by atomic mass is 9.52. The van der Waals surface area contributed by atoms with Gasteiger partial charge < -0.3 is 10.4 Å². The summed E-state index contributed by atoms with van der Waals surface area (Å²) in [5, 5.41) is 23.1. The van der Waals surface area contributed by atoms with E-state index < -0.39 is 5.60 Å². The monoisotopic (exact) mass is 397 g/mol. The van der Waals surface area contributed by atoms with Gasteiger partial charge in [0.05, 0.1) is 23.5 Å². The minimum atomic E-state index is -0.493. The molecule has 2 aromatic heterocycles. The lowest BCUT2D eigenvalue weighted by Gasteiger charge is -2.58. The smallest absolute Gasteiger partial charge is 0.256 e. The normalized spacial score (nSPS) is 33.3. The van der Waals surface area contributed by atoms with Gasteiger partial charge >= 0.3 is 0 Å². The molecule has 7 nitrogen and oxygen atoms in total. The molecule has 4 saturated carbocycles. The second-order valence-corrected chi connectivity index (χ2v) is 10.6. The zero-order valence-electron chi connectivity index (χ0n) is 17.7. The fraction of sp³-hybridized carbons (Fsp3) is 0.682. The molecular formula is C22H31N5O2. The zero-order valence-corrected chi connectivity index (χ0v) is 17.7. The van der Waals surface area contributed by atoms with Crippen molar-refractivity contribution in [2.45, 2.75) is 77.0 Å². The van der Waals surface area contributed by atoms with Gasteiger partial charge in [-0.25, -0.2) is 9.36 Å². The van der Waals surface area contributed by atoms with E-state index in [0.29, 0.717) is 29.1 Å². The molecular weight excluding hydrogens is 366 g/mol. The molecule has 0 radical (unpaired) electrons. The highest BCUT2D eigenvalue weighted by atomic mass is 16.3. The average Bonchev–Trinajstić information content (AvgIpc) is 3.22. The van der Waals surface area contributed by atoms with Crippen LogP contribution in [-0.4, -0.2) is 42.2 Å². The molecule has 4 aliphatic rings. The molecule has 156 valence electrons. The maximum atomic E-state index is 13.4. The fourth-order valence-electron chi connectivity index (χ4n) is 6.19. The van der Waals surface area contributed by atoms with Gasteiger partial charge in [0, 0.05) is 12.2 Å². The van der Waals surface area contributed by atoms with Crippen LogP contribution in [0.5, 0.6) is 0 Å². The molecule has 0 aromatic carbocycles. The molecule has 6 rings (SSSR count). The first-order valence-electron chi connectivity index (χ1n) is 10.8. The summed E-state index contributed by atoms with van der Waals surface area (Å²) in [4.78, 5) is 13.4. The van der Waals surface area contributed by atoms with E-state index in [0.717, 1.165) is 37.7 Å². The Labute approximate surface area is 171 Å². The van der Waals surface area contributed by atoms with E-state index >= 15 is 0 Å². The standard InChI is InChI=1S/C22H31N5O2/c1-13-10-23-26(12-13)20-17(11-24-27(20)21(2,3)4)19(28)25-18-15-5-14-6-16(18)9-22(29,7-14)8-15/h10-12,14-16,18,29H,5-9H2,1-4H3,(H,25,28)/t14?,15-,16+,18?,22?. The lowest BCUT2D eigenvalue weighted by Crippen LogP contribution is -2.61. The summed E-state index contributed by atoms with van der Waals surface area (Å²) < 4.78 is 3.62. The number of amides is 1. The molecule has 5 atom stereocenters. The Bertz CT molecular complexity index is 937. The van der Waals surface area contributed by atoms with E-state index in [1.165, 1.54) is 0 Å². The number of aryl methyl sites for hydroxylation is 1. The van der Waals surface area contributed by atoms with Gasteiger partial charge in [-0.05, 0) is 83.1 Å². The predicted octanol–water partition coefficient (Wildman–Crippen LogP) is 2.80. The summed E-state index contributed by atoms with van der Waals surface area (Å²) in [6.45, 7) is 8.19. The summed E-state index contributed by atoms with van der Waals surface area (Å²) >= 11 is 0. The Kier molecular flexibility index (Phi) is 4.01. The van der Waals surface area contributed by atoms with Crippen molar-refractivity contribution in [2.24, 2.45) is 17.8 Å². The van der Waals surface area contributed by atoms with Crippen LogP contribution in [-0.2, 0) is 5.54 Å². The van der Waals surface area contributed by atoms with E-state index in [1.807, 2.05) is 17.8 Å². The van der Waals surface area contributed by atoms with Crippen molar-refractivity contribution in [3.05, 3.63) is 29.7 Å². The van der Waals surface area contributed by atoms with Gasteiger partial charge in [-0.3, -0.25) is 4.79 Å². The number of rotatable bonds is 3. The Morgan fingerprint density at radius 3 is 2.41 bits per heavy atom. The van der Waals surface area contributed by atoms with Crippen LogP contribution >= 0.6 is 0 Å². The Balaban J connectivity index is 1.46. The van der Waals surface area contributed by atoms with Gasteiger partial charge in [-0.1, -0.05) is 0 Å². The highest BCUT2D eigenvalue weighted by molar-refractivity contribution is 5.97. The number of carbonyl (C=O) groups is 1. The van der Waals surface area contributed by atoms with Gasteiger partial charge in [-0.15, -0.1) is 0 Å². The van der Waals surface area contributed by atoms with Crippen LogP contribution in [0, 0.1) is 24.7 Å².